The van der Waals surface area contributed by atoms with Crippen molar-refractivity contribution in [3.05, 3.63) is 64.5 Å². The van der Waals surface area contributed by atoms with Gasteiger partial charge in [0.1, 0.15) is 5.82 Å². The summed E-state index contributed by atoms with van der Waals surface area (Å²) in [7, 11) is -4.00. The largest absolute Gasteiger partial charge is 0.452 e. The minimum atomic E-state index is -4.00. The number of rotatable bonds is 6. The Bertz CT molecular complexity index is 972. The molecule has 7 nitrogen and oxygen atoms in total. The average Bonchev–Trinajstić information content (AvgIpc) is 2.60. The molecule has 0 bridgehead atoms. The lowest BCUT2D eigenvalue weighted by atomic mass is 10.1. The summed E-state index contributed by atoms with van der Waals surface area (Å²) in [5, 5.41) is 7.68. The smallest absolute Gasteiger partial charge is 0.338 e. The lowest BCUT2D eigenvalue weighted by Crippen LogP contribution is -2.28. The molecule has 0 aromatic heterocycles. The number of carbonyl (C=O) groups is 2. The quantitative estimate of drug-likeness (QED) is 0.722. The van der Waals surface area contributed by atoms with Crippen molar-refractivity contribution in [2.24, 2.45) is 5.14 Å². The van der Waals surface area contributed by atoms with Crippen LogP contribution in [0.5, 0.6) is 0 Å². The lowest BCUT2D eigenvalue weighted by Gasteiger charge is -2.11. The average molecular weight is 394 g/mol. The van der Waals surface area contributed by atoms with Crippen molar-refractivity contribution < 1.29 is 27.1 Å². The highest BCUT2D eigenvalue weighted by molar-refractivity contribution is 7.89. The van der Waals surface area contributed by atoms with Crippen LogP contribution in [0.2, 0.25) is 0 Å². The second-order valence-corrected chi connectivity index (χ2v) is 7.47. The maximum absolute atomic E-state index is 12.8. The number of amides is 1. The molecule has 2 aromatic rings. The number of ether oxygens (including phenoxy) is 1. The Balaban J connectivity index is 1.98. The Kier molecular flexibility index (Phi) is 6.29. The zero-order valence-electron chi connectivity index (χ0n) is 14.8. The van der Waals surface area contributed by atoms with Gasteiger partial charge in [-0.15, -0.1) is 0 Å². The van der Waals surface area contributed by atoms with Crippen LogP contribution >= 0.6 is 0 Å². The van der Waals surface area contributed by atoms with E-state index in [1.54, 1.807) is 13.8 Å². The number of hydrogen-bond donors (Lipinski definition) is 2. The molecule has 27 heavy (non-hydrogen) atoms. The van der Waals surface area contributed by atoms with E-state index in [0.29, 0.717) is 16.7 Å². The van der Waals surface area contributed by atoms with Crippen LogP contribution in [-0.4, -0.2) is 26.9 Å². The van der Waals surface area contributed by atoms with Crippen molar-refractivity contribution in [1.82, 2.24) is 5.32 Å². The van der Waals surface area contributed by atoms with Gasteiger partial charge in [-0.05, 0) is 54.8 Å². The number of benzene rings is 2. The molecule has 0 saturated heterocycles. The highest BCUT2D eigenvalue weighted by Gasteiger charge is 2.18. The second kappa shape index (κ2) is 8.28. The molecule has 9 heteroatoms. The van der Waals surface area contributed by atoms with Gasteiger partial charge in [0, 0.05) is 6.54 Å². The summed E-state index contributed by atoms with van der Waals surface area (Å²) in [6, 6.07) is 8.16. The van der Waals surface area contributed by atoms with Crippen LogP contribution in [0.15, 0.2) is 41.3 Å². The van der Waals surface area contributed by atoms with E-state index >= 15 is 0 Å². The van der Waals surface area contributed by atoms with E-state index in [2.05, 4.69) is 5.32 Å². The van der Waals surface area contributed by atoms with E-state index in [1.807, 2.05) is 0 Å². The molecule has 3 N–H and O–H groups in total. The van der Waals surface area contributed by atoms with Crippen LogP contribution in [0.3, 0.4) is 0 Å². The van der Waals surface area contributed by atoms with Gasteiger partial charge in [-0.1, -0.05) is 12.1 Å². The minimum absolute atomic E-state index is 0.0199. The summed E-state index contributed by atoms with van der Waals surface area (Å²) in [6.07, 6.45) is 0. The molecule has 0 aliphatic heterocycles. The van der Waals surface area contributed by atoms with Crippen molar-refractivity contribution >= 4 is 21.9 Å². The topological polar surface area (TPSA) is 116 Å². The van der Waals surface area contributed by atoms with E-state index in [-0.39, 0.29) is 22.8 Å². The minimum Gasteiger partial charge on any atom is -0.452 e. The number of sulfonamides is 1. The first kappa shape index (κ1) is 20.5. The van der Waals surface area contributed by atoms with Crippen molar-refractivity contribution in [2.75, 3.05) is 6.61 Å². The normalized spacial score (nSPS) is 11.1. The Labute approximate surface area is 156 Å². The number of nitrogens with one attached hydrogen (secondary N) is 1. The number of hydrogen-bond acceptors (Lipinski definition) is 5. The van der Waals surface area contributed by atoms with Gasteiger partial charge in [-0.2, -0.15) is 0 Å². The molecule has 0 aliphatic rings. The molecule has 144 valence electrons. The van der Waals surface area contributed by atoms with E-state index in [0.717, 1.165) is 6.07 Å². The molecular weight excluding hydrogens is 375 g/mol. The summed E-state index contributed by atoms with van der Waals surface area (Å²) in [5.74, 6) is -1.78. The second-order valence-electron chi connectivity index (χ2n) is 5.94. The van der Waals surface area contributed by atoms with E-state index in [4.69, 9.17) is 9.88 Å². The van der Waals surface area contributed by atoms with Gasteiger partial charge in [-0.25, -0.2) is 22.7 Å². The van der Waals surface area contributed by atoms with Crippen LogP contribution in [-0.2, 0) is 26.1 Å². The van der Waals surface area contributed by atoms with Gasteiger partial charge < -0.3 is 10.1 Å². The molecule has 0 radical (unpaired) electrons. The fourth-order valence-corrected chi connectivity index (χ4v) is 3.19. The van der Waals surface area contributed by atoms with Crippen LogP contribution in [0.1, 0.15) is 27.0 Å². The number of carbonyl (C=O) groups excluding carboxylic acids is 2. The number of halogens is 1. The monoisotopic (exact) mass is 394 g/mol. The first-order valence-corrected chi connectivity index (χ1v) is 9.45. The van der Waals surface area contributed by atoms with Gasteiger partial charge in [-0.3, -0.25) is 4.79 Å². The standard InChI is InChI=1S/C18H19FN2O5S/c1-11-7-14(8-16(12(11)2)27(20,24)25)18(23)26-10-17(22)21-9-13-3-5-15(19)6-4-13/h3-8H,9-10H2,1-2H3,(H,21,22)(H2,20,24,25). The summed E-state index contributed by atoms with van der Waals surface area (Å²) < 4.78 is 41.0. The van der Waals surface area contributed by atoms with Crippen LogP contribution in [0.25, 0.3) is 0 Å². The van der Waals surface area contributed by atoms with Gasteiger partial charge in [0.2, 0.25) is 10.0 Å². The number of aryl methyl sites for hydroxylation is 1. The summed E-state index contributed by atoms with van der Waals surface area (Å²) in [6.45, 7) is 2.82. The van der Waals surface area contributed by atoms with E-state index < -0.39 is 28.5 Å². The maximum Gasteiger partial charge on any atom is 0.338 e. The van der Waals surface area contributed by atoms with Crippen molar-refractivity contribution in [3.63, 3.8) is 0 Å². The van der Waals surface area contributed by atoms with Gasteiger partial charge in [0.05, 0.1) is 10.5 Å². The van der Waals surface area contributed by atoms with E-state index in [1.165, 1.54) is 30.3 Å². The number of primary sulfonamides is 1. The third-order valence-corrected chi connectivity index (χ3v) is 4.94. The first-order valence-electron chi connectivity index (χ1n) is 7.90. The Morgan fingerprint density at radius 2 is 1.78 bits per heavy atom. The SMILES string of the molecule is Cc1cc(C(=O)OCC(=O)NCc2ccc(F)cc2)cc(S(N)(=O)=O)c1C. The highest BCUT2D eigenvalue weighted by Crippen LogP contribution is 2.20. The molecular formula is C18H19FN2O5S. The molecule has 1 amide bonds. The van der Waals surface area contributed by atoms with Crippen molar-refractivity contribution in [3.8, 4) is 0 Å². The molecule has 0 aliphatic carbocycles. The van der Waals surface area contributed by atoms with Gasteiger partial charge in [0.25, 0.3) is 5.91 Å². The summed E-state index contributed by atoms with van der Waals surface area (Å²) in [4.78, 5) is 23.7. The summed E-state index contributed by atoms with van der Waals surface area (Å²) >= 11 is 0. The van der Waals surface area contributed by atoms with Crippen molar-refractivity contribution in [1.29, 1.82) is 0 Å². The fraction of sp³-hybridized carbons (Fsp3) is 0.222. The number of esters is 1. The predicted molar refractivity (Wildman–Crippen MR) is 95.8 cm³/mol. The zero-order chi connectivity index (χ0) is 20.2. The third-order valence-electron chi connectivity index (χ3n) is 3.90. The Hall–Kier alpha value is -2.78. The fourth-order valence-electron chi connectivity index (χ4n) is 2.31. The summed E-state index contributed by atoms with van der Waals surface area (Å²) in [5.41, 5.74) is 1.65. The molecule has 0 spiro atoms. The Morgan fingerprint density at radius 1 is 1.15 bits per heavy atom. The van der Waals surface area contributed by atoms with Crippen LogP contribution in [0, 0.1) is 19.7 Å². The molecule has 2 rings (SSSR count). The highest BCUT2D eigenvalue weighted by atomic mass is 32.2. The Morgan fingerprint density at radius 3 is 2.37 bits per heavy atom. The zero-order valence-corrected chi connectivity index (χ0v) is 15.6. The van der Waals surface area contributed by atoms with Crippen LogP contribution in [0.4, 0.5) is 4.39 Å². The molecule has 0 saturated carbocycles. The number of nitrogens with two attached hydrogens (primary N) is 1. The van der Waals surface area contributed by atoms with Gasteiger partial charge in [0.15, 0.2) is 6.61 Å². The lowest BCUT2D eigenvalue weighted by molar-refractivity contribution is -0.124. The van der Waals surface area contributed by atoms with E-state index in [9.17, 15) is 22.4 Å². The maximum atomic E-state index is 12.8. The van der Waals surface area contributed by atoms with Crippen molar-refractivity contribution in [2.45, 2.75) is 25.3 Å². The third kappa shape index (κ3) is 5.60. The van der Waals surface area contributed by atoms with Gasteiger partial charge >= 0.3 is 5.97 Å². The molecule has 0 fully saturated rings. The molecule has 0 atom stereocenters. The predicted octanol–water partition coefficient (Wildman–Crippen LogP) is 1.56. The first-order chi connectivity index (χ1) is 12.6. The van der Waals surface area contributed by atoms with Crippen LogP contribution < -0.4 is 10.5 Å². The molecule has 2 aromatic carbocycles. The molecule has 0 heterocycles. The molecule has 0 unspecified atom stereocenters.